The van der Waals surface area contributed by atoms with E-state index in [9.17, 15) is 9.90 Å². The van der Waals surface area contributed by atoms with Crippen molar-refractivity contribution in [2.75, 3.05) is 6.61 Å². The number of hydrogen-bond acceptors (Lipinski definition) is 4. The van der Waals surface area contributed by atoms with Gasteiger partial charge in [-0.2, -0.15) is 0 Å². The van der Waals surface area contributed by atoms with E-state index in [-0.39, 0.29) is 12.2 Å². The number of benzene rings is 1. The molecule has 3 aromatic rings. The summed E-state index contributed by atoms with van der Waals surface area (Å²) >= 11 is 0. The standard InChI is InChI=1S/C19H19N3O2/c23-13-19(9-8-14-5-1-2-6-16(14)19)20-12-15-11-18(24)22-10-4-3-7-17(22)21-15/h1-7,10-11,20,23H,8-9,12-13H2. The molecular weight excluding hydrogens is 302 g/mol. The summed E-state index contributed by atoms with van der Waals surface area (Å²) in [7, 11) is 0. The molecule has 0 radical (unpaired) electrons. The number of pyridine rings is 1. The van der Waals surface area contributed by atoms with Gasteiger partial charge in [-0.15, -0.1) is 0 Å². The zero-order valence-electron chi connectivity index (χ0n) is 13.3. The highest BCUT2D eigenvalue weighted by Crippen LogP contribution is 2.36. The minimum Gasteiger partial charge on any atom is -0.394 e. The number of fused-ring (bicyclic) bond motifs is 2. The van der Waals surface area contributed by atoms with Gasteiger partial charge in [0, 0.05) is 18.8 Å². The number of aliphatic hydroxyl groups is 1. The Hall–Kier alpha value is -2.50. The van der Waals surface area contributed by atoms with Crippen molar-refractivity contribution in [3.05, 3.63) is 81.9 Å². The third-order valence-electron chi connectivity index (χ3n) is 4.86. The molecule has 1 aliphatic carbocycles. The summed E-state index contributed by atoms with van der Waals surface area (Å²) in [6.45, 7) is 0.464. The molecule has 1 atom stereocenters. The highest BCUT2D eigenvalue weighted by molar-refractivity contribution is 5.40. The Morgan fingerprint density at radius 3 is 2.92 bits per heavy atom. The molecule has 0 spiro atoms. The molecule has 0 saturated heterocycles. The van der Waals surface area contributed by atoms with Gasteiger partial charge < -0.3 is 5.11 Å². The quantitative estimate of drug-likeness (QED) is 0.766. The maximum atomic E-state index is 12.2. The van der Waals surface area contributed by atoms with E-state index in [1.54, 1.807) is 12.3 Å². The molecule has 5 heteroatoms. The van der Waals surface area contributed by atoms with Crippen LogP contribution in [0.15, 0.2) is 59.5 Å². The summed E-state index contributed by atoms with van der Waals surface area (Å²) < 4.78 is 1.52. The monoisotopic (exact) mass is 321 g/mol. The first-order chi connectivity index (χ1) is 11.7. The molecule has 1 aromatic carbocycles. The van der Waals surface area contributed by atoms with Gasteiger partial charge in [0.1, 0.15) is 5.65 Å². The molecule has 4 rings (SSSR count). The number of nitrogens with zero attached hydrogens (tertiary/aromatic N) is 2. The smallest absolute Gasteiger partial charge is 0.258 e. The highest BCUT2D eigenvalue weighted by Gasteiger charge is 2.37. The molecule has 2 aromatic heterocycles. The van der Waals surface area contributed by atoms with Crippen molar-refractivity contribution in [2.45, 2.75) is 24.9 Å². The van der Waals surface area contributed by atoms with Gasteiger partial charge in [0.15, 0.2) is 0 Å². The van der Waals surface area contributed by atoms with Crippen LogP contribution in [0.4, 0.5) is 0 Å². The van der Waals surface area contributed by atoms with Crippen LogP contribution in [0.25, 0.3) is 5.65 Å². The maximum Gasteiger partial charge on any atom is 0.258 e. The topological polar surface area (TPSA) is 66.6 Å². The lowest BCUT2D eigenvalue weighted by atomic mass is 9.92. The van der Waals surface area contributed by atoms with Gasteiger partial charge in [0.2, 0.25) is 0 Å². The van der Waals surface area contributed by atoms with Gasteiger partial charge in [-0.3, -0.25) is 14.5 Å². The molecule has 2 N–H and O–H groups in total. The van der Waals surface area contributed by atoms with E-state index in [0.29, 0.717) is 17.9 Å². The minimum absolute atomic E-state index is 0.0244. The first kappa shape index (κ1) is 15.1. The largest absolute Gasteiger partial charge is 0.394 e. The van der Waals surface area contributed by atoms with Crippen LogP contribution in [0.2, 0.25) is 0 Å². The summed E-state index contributed by atoms with van der Waals surface area (Å²) in [6.07, 6.45) is 3.50. The number of nitrogens with one attached hydrogen (secondary N) is 1. The molecule has 5 nitrogen and oxygen atoms in total. The average molecular weight is 321 g/mol. The zero-order chi connectivity index (χ0) is 16.6. The van der Waals surface area contributed by atoms with Gasteiger partial charge >= 0.3 is 0 Å². The number of aryl methyl sites for hydroxylation is 1. The molecule has 0 aliphatic heterocycles. The van der Waals surface area contributed by atoms with Gasteiger partial charge in [-0.05, 0) is 36.1 Å². The normalized spacial score (nSPS) is 19.5. The van der Waals surface area contributed by atoms with E-state index < -0.39 is 5.54 Å². The number of hydrogen-bond donors (Lipinski definition) is 2. The van der Waals surface area contributed by atoms with Crippen molar-refractivity contribution in [3.63, 3.8) is 0 Å². The van der Waals surface area contributed by atoms with E-state index in [0.717, 1.165) is 18.4 Å². The predicted molar refractivity (Wildman–Crippen MR) is 91.8 cm³/mol. The predicted octanol–water partition coefficient (Wildman–Crippen LogP) is 1.62. The maximum absolute atomic E-state index is 12.2. The molecule has 0 bridgehead atoms. The Labute approximate surface area is 139 Å². The second-order valence-electron chi connectivity index (χ2n) is 6.27. The minimum atomic E-state index is -0.458. The summed E-state index contributed by atoms with van der Waals surface area (Å²) in [6, 6.07) is 15.2. The van der Waals surface area contributed by atoms with Crippen molar-refractivity contribution in [2.24, 2.45) is 0 Å². The molecule has 24 heavy (non-hydrogen) atoms. The summed E-state index contributed by atoms with van der Waals surface area (Å²) in [5.74, 6) is 0. The molecule has 0 fully saturated rings. The summed E-state index contributed by atoms with van der Waals surface area (Å²) in [4.78, 5) is 16.7. The number of aromatic nitrogens is 2. The Kier molecular flexibility index (Phi) is 3.67. The van der Waals surface area contributed by atoms with Crippen molar-refractivity contribution < 1.29 is 5.11 Å². The fraction of sp³-hybridized carbons (Fsp3) is 0.263. The third-order valence-corrected chi connectivity index (χ3v) is 4.86. The van der Waals surface area contributed by atoms with Crippen LogP contribution in [0.1, 0.15) is 23.2 Å². The number of aliphatic hydroxyl groups excluding tert-OH is 1. The molecule has 1 aliphatic rings. The average Bonchev–Trinajstić information content (AvgIpc) is 3.00. The second kappa shape index (κ2) is 5.85. The lowest BCUT2D eigenvalue weighted by Gasteiger charge is -2.29. The lowest BCUT2D eigenvalue weighted by Crippen LogP contribution is -2.43. The van der Waals surface area contributed by atoms with E-state index in [1.165, 1.54) is 9.96 Å². The number of rotatable bonds is 4. The Morgan fingerprint density at radius 2 is 2.04 bits per heavy atom. The van der Waals surface area contributed by atoms with Crippen LogP contribution in [-0.2, 0) is 18.5 Å². The van der Waals surface area contributed by atoms with Crippen LogP contribution >= 0.6 is 0 Å². The van der Waals surface area contributed by atoms with Crippen LogP contribution in [0.3, 0.4) is 0 Å². The molecule has 0 amide bonds. The molecule has 2 heterocycles. The third kappa shape index (κ3) is 2.42. The first-order valence-electron chi connectivity index (χ1n) is 8.13. The van der Waals surface area contributed by atoms with Crippen LogP contribution in [0, 0.1) is 0 Å². The Morgan fingerprint density at radius 1 is 1.21 bits per heavy atom. The SMILES string of the molecule is O=c1cc(CNC2(CO)CCc3ccccc32)nc2ccccn12. The first-order valence-corrected chi connectivity index (χ1v) is 8.13. The Balaban J connectivity index is 1.64. The van der Waals surface area contributed by atoms with E-state index in [1.807, 2.05) is 30.3 Å². The van der Waals surface area contributed by atoms with Crippen molar-refractivity contribution >= 4 is 5.65 Å². The van der Waals surface area contributed by atoms with Crippen molar-refractivity contribution in [1.29, 1.82) is 0 Å². The second-order valence-corrected chi connectivity index (χ2v) is 6.27. The van der Waals surface area contributed by atoms with Crippen molar-refractivity contribution in [3.8, 4) is 0 Å². The lowest BCUT2D eigenvalue weighted by molar-refractivity contribution is 0.158. The zero-order valence-corrected chi connectivity index (χ0v) is 13.3. The fourth-order valence-electron chi connectivity index (χ4n) is 3.54. The summed E-state index contributed by atoms with van der Waals surface area (Å²) in [5.41, 5.74) is 3.17. The molecular formula is C19H19N3O2. The van der Waals surface area contributed by atoms with Gasteiger partial charge in [-0.25, -0.2) is 4.98 Å². The summed E-state index contributed by atoms with van der Waals surface area (Å²) in [5, 5.41) is 13.5. The van der Waals surface area contributed by atoms with E-state index in [2.05, 4.69) is 22.4 Å². The van der Waals surface area contributed by atoms with Gasteiger partial charge in [0.05, 0.1) is 17.8 Å². The van der Waals surface area contributed by atoms with E-state index in [4.69, 9.17) is 0 Å². The van der Waals surface area contributed by atoms with Gasteiger partial charge in [-0.1, -0.05) is 30.3 Å². The molecule has 1 unspecified atom stereocenters. The highest BCUT2D eigenvalue weighted by atomic mass is 16.3. The van der Waals surface area contributed by atoms with Crippen LogP contribution in [-0.4, -0.2) is 21.1 Å². The van der Waals surface area contributed by atoms with Crippen molar-refractivity contribution in [1.82, 2.24) is 14.7 Å². The fourth-order valence-corrected chi connectivity index (χ4v) is 3.54. The van der Waals surface area contributed by atoms with E-state index >= 15 is 0 Å². The molecule has 0 saturated carbocycles. The van der Waals surface area contributed by atoms with Crippen LogP contribution < -0.4 is 10.9 Å². The van der Waals surface area contributed by atoms with Gasteiger partial charge in [0.25, 0.3) is 5.56 Å². The Bertz CT molecular complexity index is 950. The molecule has 122 valence electrons. The van der Waals surface area contributed by atoms with Crippen LogP contribution in [0.5, 0.6) is 0 Å².